The molecule has 2 saturated heterocycles. The average Bonchev–Trinajstić information content (AvgIpc) is 3.28. The monoisotopic (exact) mass is 381 g/mol. The van der Waals surface area contributed by atoms with Crippen molar-refractivity contribution in [3.63, 3.8) is 0 Å². The molecule has 0 aliphatic carbocycles. The zero-order chi connectivity index (χ0) is 19.5. The van der Waals surface area contributed by atoms with Crippen LogP contribution in [0, 0.1) is 5.92 Å². The van der Waals surface area contributed by atoms with Gasteiger partial charge in [0.1, 0.15) is 6.61 Å². The highest BCUT2D eigenvalue weighted by Gasteiger charge is 2.46. The highest BCUT2D eigenvalue weighted by molar-refractivity contribution is 5.97. The first-order valence-corrected chi connectivity index (χ1v) is 10.2. The predicted octanol–water partition coefficient (Wildman–Crippen LogP) is 4.06. The summed E-state index contributed by atoms with van der Waals surface area (Å²) in [6.07, 6.45) is 7.60. The number of rotatable bonds is 6. The van der Waals surface area contributed by atoms with Crippen molar-refractivity contribution in [2.45, 2.75) is 64.3 Å². The first-order valence-electron chi connectivity index (χ1n) is 10.2. The molecular weight excluding hydrogens is 354 g/mol. The Bertz CT molecular complexity index is 819. The summed E-state index contributed by atoms with van der Waals surface area (Å²) in [5, 5.41) is 4.28. The van der Waals surface area contributed by atoms with Gasteiger partial charge < -0.3 is 9.64 Å². The molecule has 0 radical (unpaired) electrons. The Balaban J connectivity index is 1.37. The van der Waals surface area contributed by atoms with Gasteiger partial charge in [0.2, 0.25) is 0 Å². The summed E-state index contributed by atoms with van der Waals surface area (Å²) >= 11 is 0. The van der Waals surface area contributed by atoms with E-state index in [4.69, 9.17) is 4.74 Å². The largest absolute Gasteiger partial charge is 0.445 e. The molecule has 6 nitrogen and oxygen atoms in total. The van der Waals surface area contributed by atoms with Gasteiger partial charge in [0.05, 0.1) is 11.8 Å². The normalized spacial score (nSPS) is 23.6. The maximum Gasteiger partial charge on any atom is 0.410 e. The maximum absolute atomic E-state index is 12.9. The lowest BCUT2D eigenvalue weighted by Crippen LogP contribution is -2.48. The maximum atomic E-state index is 12.9. The third kappa shape index (κ3) is 3.81. The van der Waals surface area contributed by atoms with Crippen molar-refractivity contribution >= 4 is 11.9 Å². The van der Waals surface area contributed by atoms with Gasteiger partial charge in [-0.15, -0.1) is 0 Å². The number of fused-ring (bicyclic) bond motifs is 2. The van der Waals surface area contributed by atoms with Crippen molar-refractivity contribution in [3.05, 3.63) is 53.9 Å². The molecule has 2 unspecified atom stereocenters. The number of aromatic nitrogens is 2. The first kappa shape index (κ1) is 18.7. The standard InChI is InChI=1S/C22H27N3O3/c1-2-10-24-14-18(13-23-24)21(26)17-11-19-8-9-20(12-17)25(19)22(27)28-15-16-6-4-3-5-7-16/h3-7,13-14,17,19-20H,2,8-12,15H2,1H3. The Morgan fingerprint density at radius 1 is 1.14 bits per heavy atom. The zero-order valence-corrected chi connectivity index (χ0v) is 16.3. The van der Waals surface area contributed by atoms with E-state index in [2.05, 4.69) is 12.0 Å². The van der Waals surface area contributed by atoms with Gasteiger partial charge in [-0.3, -0.25) is 9.48 Å². The second kappa shape index (κ2) is 8.17. The van der Waals surface area contributed by atoms with Crippen molar-refractivity contribution < 1.29 is 14.3 Å². The number of carbonyl (C=O) groups is 2. The molecule has 2 atom stereocenters. The SMILES string of the molecule is CCCn1cc(C(=O)C2CC3CCC(C2)N3C(=O)OCc2ccccc2)cn1. The Morgan fingerprint density at radius 2 is 1.86 bits per heavy atom. The fourth-order valence-electron chi connectivity index (χ4n) is 4.56. The van der Waals surface area contributed by atoms with Crippen LogP contribution in [0.25, 0.3) is 0 Å². The predicted molar refractivity (Wildman–Crippen MR) is 105 cm³/mol. The van der Waals surface area contributed by atoms with Crippen LogP contribution in [0.5, 0.6) is 0 Å². The van der Waals surface area contributed by atoms with Crippen LogP contribution >= 0.6 is 0 Å². The molecule has 2 aliphatic rings. The van der Waals surface area contributed by atoms with Crippen LogP contribution < -0.4 is 0 Å². The summed E-state index contributed by atoms with van der Waals surface area (Å²) in [5.41, 5.74) is 1.68. The second-order valence-corrected chi connectivity index (χ2v) is 7.86. The number of Topliss-reactive ketones (excluding diaryl/α,β-unsaturated/α-hetero) is 1. The van der Waals surface area contributed by atoms with E-state index in [1.807, 2.05) is 46.1 Å². The molecular formula is C22H27N3O3. The molecule has 4 rings (SSSR count). The van der Waals surface area contributed by atoms with E-state index in [0.29, 0.717) is 18.4 Å². The summed E-state index contributed by atoms with van der Waals surface area (Å²) in [4.78, 5) is 27.5. The molecule has 2 aliphatic heterocycles. The molecule has 2 aromatic rings. The Morgan fingerprint density at radius 3 is 2.54 bits per heavy atom. The minimum absolute atomic E-state index is 0.0325. The van der Waals surface area contributed by atoms with Gasteiger partial charge in [-0.2, -0.15) is 5.10 Å². The van der Waals surface area contributed by atoms with Gasteiger partial charge in [-0.05, 0) is 37.7 Å². The van der Waals surface area contributed by atoms with Gasteiger partial charge in [0.25, 0.3) is 0 Å². The molecule has 148 valence electrons. The fraction of sp³-hybridized carbons (Fsp3) is 0.500. The highest BCUT2D eigenvalue weighted by Crippen LogP contribution is 2.40. The summed E-state index contributed by atoms with van der Waals surface area (Å²) in [5.74, 6) is 0.131. The average molecular weight is 381 g/mol. The van der Waals surface area contributed by atoms with Crippen LogP contribution in [0.1, 0.15) is 54.9 Å². The highest BCUT2D eigenvalue weighted by atomic mass is 16.6. The van der Waals surface area contributed by atoms with E-state index in [1.54, 1.807) is 6.20 Å². The Kier molecular flexibility index (Phi) is 5.46. The Labute approximate surface area is 165 Å². The molecule has 1 aromatic carbocycles. The van der Waals surface area contributed by atoms with Crippen LogP contribution in [0.15, 0.2) is 42.7 Å². The summed E-state index contributed by atoms with van der Waals surface area (Å²) in [6.45, 7) is 3.20. The van der Waals surface area contributed by atoms with Crippen LogP contribution in [-0.4, -0.2) is 38.6 Å². The van der Waals surface area contributed by atoms with Gasteiger partial charge in [0, 0.05) is 30.7 Å². The molecule has 0 spiro atoms. The third-order valence-electron chi connectivity index (χ3n) is 5.89. The first-order chi connectivity index (χ1) is 13.7. The van der Waals surface area contributed by atoms with E-state index < -0.39 is 0 Å². The quantitative estimate of drug-likeness (QED) is 0.708. The lowest BCUT2D eigenvalue weighted by atomic mass is 9.85. The zero-order valence-electron chi connectivity index (χ0n) is 16.3. The number of ether oxygens (including phenoxy) is 1. The molecule has 1 amide bonds. The molecule has 1 aromatic heterocycles. The number of nitrogens with zero attached hydrogens (tertiary/aromatic N) is 3. The summed E-state index contributed by atoms with van der Waals surface area (Å²) in [6, 6.07) is 9.92. The lowest BCUT2D eigenvalue weighted by Gasteiger charge is -2.37. The minimum Gasteiger partial charge on any atom is -0.445 e. The van der Waals surface area contributed by atoms with Gasteiger partial charge in [-0.1, -0.05) is 37.3 Å². The minimum atomic E-state index is -0.252. The topological polar surface area (TPSA) is 64.4 Å². The number of piperidine rings is 1. The second-order valence-electron chi connectivity index (χ2n) is 7.86. The smallest absolute Gasteiger partial charge is 0.410 e. The van der Waals surface area contributed by atoms with Crippen LogP contribution in [0.2, 0.25) is 0 Å². The van der Waals surface area contributed by atoms with E-state index in [-0.39, 0.29) is 36.5 Å². The number of hydrogen-bond acceptors (Lipinski definition) is 4. The number of ketones is 1. The molecule has 2 bridgehead atoms. The Hall–Kier alpha value is -2.63. The number of hydrogen-bond donors (Lipinski definition) is 0. The van der Waals surface area contributed by atoms with Gasteiger partial charge >= 0.3 is 6.09 Å². The van der Waals surface area contributed by atoms with E-state index in [0.717, 1.165) is 31.4 Å². The van der Waals surface area contributed by atoms with Crippen molar-refractivity contribution in [2.24, 2.45) is 5.92 Å². The van der Waals surface area contributed by atoms with Crippen molar-refractivity contribution in [2.75, 3.05) is 0 Å². The van der Waals surface area contributed by atoms with Crippen LogP contribution in [-0.2, 0) is 17.9 Å². The summed E-state index contributed by atoms with van der Waals surface area (Å²) in [7, 11) is 0. The van der Waals surface area contributed by atoms with Crippen molar-refractivity contribution in [3.8, 4) is 0 Å². The van der Waals surface area contributed by atoms with Crippen LogP contribution in [0.4, 0.5) is 4.79 Å². The lowest BCUT2D eigenvalue weighted by molar-refractivity contribution is 0.0485. The molecule has 0 saturated carbocycles. The number of aryl methyl sites for hydroxylation is 1. The number of carbonyl (C=O) groups excluding carboxylic acids is 2. The third-order valence-corrected chi connectivity index (χ3v) is 5.89. The van der Waals surface area contributed by atoms with E-state index in [1.165, 1.54) is 0 Å². The molecule has 28 heavy (non-hydrogen) atoms. The molecule has 0 N–H and O–H groups in total. The van der Waals surface area contributed by atoms with Crippen molar-refractivity contribution in [1.29, 1.82) is 0 Å². The van der Waals surface area contributed by atoms with E-state index >= 15 is 0 Å². The van der Waals surface area contributed by atoms with Crippen LogP contribution in [0.3, 0.4) is 0 Å². The number of amides is 1. The fourth-order valence-corrected chi connectivity index (χ4v) is 4.56. The molecule has 3 heterocycles. The molecule has 6 heteroatoms. The van der Waals surface area contributed by atoms with Gasteiger partial charge in [0.15, 0.2) is 5.78 Å². The molecule has 2 fully saturated rings. The van der Waals surface area contributed by atoms with E-state index in [9.17, 15) is 9.59 Å². The number of benzene rings is 1. The van der Waals surface area contributed by atoms with Crippen molar-refractivity contribution in [1.82, 2.24) is 14.7 Å². The van der Waals surface area contributed by atoms with Gasteiger partial charge in [-0.25, -0.2) is 4.79 Å². The summed E-state index contributed by atoms with van der Waals surface area (Å²) < 4.78 is 7.38.